The van der Waals surface area contributed by atoms with Crippen molar-refractivity contribution in [2.45, 2.75) is 109 Å². The van der Waals surface area contributed by atoms with Crippen LogP contribution in [0.5, 0.6) is 0 Å². The molecule has 0 bridgehead atoms. The lowest BCUT2D eigenvalue weighted by atomic mass is 9.79. The van der Waals surface area contributed by atoms with Crippen LogP contribution in [0, 0.1) is 23.7 Å². The Hall–Kier alpha value is -1.37. The molecular weight excluding hydrogens is 432 g/mol. The van der Waals surface area contributed by atoms with Crippen LogP contribution in [-0.4, -0.2) is 47.6 Å². The molecule has 0 aliphatic heterocycles. The third kappa shape index (κ3) is 8.39. The number of hydrogen-bond donors (Lipinski definition) is 1. The molecule has 1 N–H and O–H groups in total. The van der Waals surface area contributed by atoms with Crippen LogP contribution in [0.15, 0.2) is 12.2 Å². The van der Waals surface area contributed by atoms with Gasteiger partial charge in [-0.25, -0.2) is 0 Å². The van der Waals surface area contributed by atoms with Crippen LogP contribution in [-0.2, 0) is 23.9 Å². The molecule has 0 aromatic rings. The van der Waals surface area contributed by atoms with Crippen LogP contribution in [0.2, 0.25) is 0 Å². The molecule has 3 saturated carbocycles. The molecule has 192 valence electrons. The van der Waals surface area contributed by atoms with Gasteiger partial charge in [0, 0.05) is 17.8 Å². The molecule has 0 amide bonds. The molecule has 0 aromatic carbocycles. The minimum Gasteiger partial charge on any atom is -0.383 e. The quantitative estimate of drug-likeness (QED) is 0.258. The highest BCUT2D eigenvalue weighted by atomic mass is 16.7. The minimum absolute atomic E-state index is 0.0412. The lowest BCUT2D eigenvalue weighted by molar-refractivity contribution is -0.145. The van der Waals surface area contributed by atoms with Gasteiger partial charge in [0.1, 0.15) is 19.0 Å². The molecule has 3 aliphatic rings. The first-order valence-corrected chi connectivity index (χ1v) is 13.4. The maximum Gasteiger partial charge on any atom is 0.166 e. The number of aliphatic hydroxyl groups is 1. The zero-order valence-corrected chi connectivity index (χ0v) is 21.1. The van der Waals surface area contributed by atoms with Crippen molar-refractivity contribution in [2.75, 3.05) is 13.4 Å². The monoisotopic (exact) mass is 476 g/mol. The SMILES string of the molecule is CC(C)(O)C(=O)C1CCC(OCOCC(=O)C2CCC(/C=C/C(=O)C3CCCCC3)CC2)CC1. The third-order valence-electron chi connectivity index (χ3n) is 8.05. The number of allylic oxidation sites excluding steroid dienone is 2. The molecule has 34 heavy (non-hydrogen) atoms. The normalized spacial score (nSPS) is 29.3. The Morgan fingerprint density at radius 2 is 1.44 bits per heavy atom. The Morgan fingerprint density at radius 3 is 2.06 bits per heavy atom. The maximum absolute atomic E-state index is 12.5. The van der Waals surface area contributed by atoms with E-state index in [1.807, 2.05) is 6.08 Å². The molecule has 6 heteroatoms. The fraction of sp³-hybridized carbons (Fsp3) is 0.821. The molecule has 0 unspecified atom stereocenters. The van der Waals surface area contributed by atoms with Gasteiger partial charge in [-0.2, -0.15) is 0 Å². The summed E-state index contributed by atoms with van der Waals surface area (Å²) >= 11 is 0. The van der Waals surface area contributed by atoms with Crippen molar-refractivity contribution in [1.29, 1.82) is 0 Å². The molecule has 3 fully saturated rings. The lowest BCUT2D eigenvalue weighted by Gasteiger charge is -2.30. The standard InChI is InChI=1S/C28H44O6/c1-28(2,32)27(31)23-13-15-24(16-14-23)34-19-33-18-26(30)22-11-8-20(9-12-22)10-17-25(29)21-6-4-3-5-7-21/h10,17,20-24,32H,3-9,11-16,18-19H2,1-2H3/b17-10+. The molecule has 0 saturated heterocycles. The maximum atomic E-state index is 12.5. The van der Waals surface area contributed by atoms with Gasteiger partial charge in [-0.15, -0.1) is 0 Å². The van der Waals surface area contributed by atoms with E-state index in [2.05, 4.69) is 6.08 Å². The average molecular weight is 477 g/mol. The molecule has 3 rings (SSSR count). The summed E-state index contributed by atoms with van der Waals surface area (Å²) in [5.74, 6) is 0.924. The Bertz CT molecular complexity index is 699. The highest BCUT2D eigenvalue weighted by Gasteiger charge is 2.34. The highest BCUT2D eigenvalue weighted by Crippen LogP contribution is 2.32. The number of rotatable bonds is 11. The van der Waals surface area contributed by atoms with E-state index in [1.165, 1.54) is 19.3 Å². The fourth-order valence-corrected chi connectivity index (χ4v) is 5.78. The Labute approximate surface area is 204 Å². The van der Waals surface area contributed by atoms with Gasteiger partial charge in [-0.05, 0) is 90.0 Å². The minimum atomic E-state index is -1.27. The largest absolute Gasteiger partial charge is 0.383 e. The predicted molar refractivity (Wildman–Crippen MR) is 130 cm³/mol. The second-order valence-corrected chi connectivity index (χ2v) is 11.2. The molecule has 0 heterocycles. The predicted octanol–water partition coefficient (Wildman–Crippen LogP) is 4.96. The van der Waals surface area contributed by atoms with Crippen molar-refractivity contribution in [3.05, 3.63) is 12.2 Å². The topological polar surface area (TPSA) is 89.9 Å². The van der Waals surface area contributed by atoms with Crippen LogP contribution in [0.3, 0.4) is 0 Å². The molecule has 0 atom stereocenters. The number of Topliss-reactive ketones (excluding diaryl/α,β-unsaturated/α-hetero) is 2. The number of carbonyl (C=O) groups is 3. The van der Waals surface area contributed by atoms with Gasteiger partial charge in [0.2, 0.25) is 0 Å². The van der Waals surface area contributed by atoms with Crippen LogP contribution >= 0.6 is 0 Å². The Morgan fingerprint density at radius 1 is 0.824 bits per heavy atom. The fourth-order valence-electron chi connectivity index (χ4n) is 5.78. The van der Waals surface area contributed by atoms with E-state index in [4.69, 9.17) is 9.47 Å². The molecular formula is C28H44O6. The van der Waals surface area contributed by atoms with Gasteiger partial charge in [0.05, 0.1) is 6.10 Å². The molecule has 0 aromatic heterocycles. The Kier molecular flexibility index (Phi) is 10.5. The van der Waals surface area contributed by atoms with Crippen molar-refractivity contribution in [3.63, 3.8) is 0 Å². The zero-order valence-electron chi connectivity index (χ0n) is 21.1. The van der Waals surface area contributed by atoms with E-state index in [9.17, 15) is 19.5 Å². The van der Waals surface area contributed by atoms with Gasteiger partial charge in [-0.3, -0.25) is 14.4 Å². The van der Waals surface area contributed by atoms with E-state index in [1.54, 1.807) is 13.8 Å². The number of hydrogen-bond acceptors (Lipinski definition) is 6. The Balaban J connectivity index is 1.26. The number of carbonyl (C=O) groups excluding carboxylic acids is 3. The van der Waals surface area contributed by atoms with Crippen molar-refractivity contribution in [2.24, 2.45) is 23.7 Å². The first kappa shape index (κ1) is 27.2. The van der Waals surface area contributed by atoms with E-state index in [-0.39, 0.29) is 48.8 Å². The van der Waals surface area contributed by atoms with E-state index in [0.717, 1.165) is 64.2 Å². The van der Waals surface area contributed by atoms with E-state index in [0.29, 0.717) is 11.7 Å². The van der Waals surface area contributed by atoms with Gasteiger partial charge in [0.15, 0.2) is 17.3 Å². The lowest BCUT2D eigenvalue weighted by Crippen LogP contribution is -2.39. The summed E-state index contributed by atoms with van der Waals surface area (Å²) in [7, 11) is 0. The van der Waals surface area contributed by atoms with Crippen molar-refractivity contribution in [3.8, 4) is 0 Å². The first-order valence-electron chi connectivity index (χ1n) is 13.4. The van der Waals surface area contributed by atoms with Gasteiger partial charge in [0.25, 0.3) is 0 Å². The van der Waals surface area contributed by atoms with Crippen LogP contribution in [0.25, 0.3) is 0 Å². The van der Waals surface area contributed by atoms with Gasteiger partial charge < -0.3 is 14.6 Å². The summed E-state index contributed by atoms with van der Waals surface area (Å²) in [6, 6.07) is 0. The summed E-state index contributed by atoms with van der Waals surface area (Å²) < 4.78 is 11.3. The third-order valence-corrected chi connectivity index (χ3v) is 8.05. The summed E-state index contributed by atoms with van der Waals surface area (Å²) in [6.07, 6.45) is 16.2. The summed E-state index contributed by atoms with van der Waals surface area (Å²) in [5.41, 5.74) is -1.27. The second kappa shape index (κ2) is 13.1. The summed E-state index contributed by atoms with van der Waals surface area (Å²) in [6.45, 7) is 3.27. The van der Waals surface area contributed by atoms with Gasteiger partial charge in [-0.1, -0.05) is 25.3 Å². The second-order valence-electron chi connectivity index (χ2n) is 11.2. The summed E-state index contributed by atoms with van der Waals surface area (Å²) in [5, 5.41) is 9.90. The van der Waals surface area contributed by atoms with Crippen molar-refractivity contribution >= 4 is 17.3 Å². The number of ether oxygens (including phenoxy) is 2. The smallest absolute Gasteiger partial charge is 0.166 e. The van der Waals surface area contributed by atoms with Crippen molar-refractivity contribution in [1.82, 2.24) is 0 Å². The summed E-state index contributed by atoms with van der Waals surface area (Å²) in [4.78, 5) is 37.1. The van der Waals surface area contributed by atoms with Crippen LogP contribution < -0.4 is 0 Å². The number of ketones is 3. The molecule has 0 spiro atoms. The molecule has 0 radical (unpaired) electrons. The average Bonchev–Trinajstić information content (AvgIpc) is 2.85. The van der Waals surface area contributed by atoms with Gasteiger partial charge >= 0.3 is 0 Å². The molecule has 6 nitrogen and oxygen atoms in total. The van der Waals surface area contributed by atoms with Crippen LogP contribution in [0.1, 0.15) is 97.3 Å². The van der Waals surface area contributed by atoms with Crippen LogP contribution in [0.4, 0.5) is 0 Å². The zero-order chi connectivity index (χ0) is 24.6. The molecule has 3 aliphatic carbocycles. The highest BCUT2D eigenvalue weighted by molar-refractivity contribution is 5.91. The first-order chi connectivity index (χ1) is 16.2. The van der Waals surface area contributed by atoms with E-state index >= 15 is 0 Å². The van der Waals surface area contributed by atoms with Crippen molar-refractivity contribution < 1.29 is 29.0 Å². The van der Waals surface area contributed by atoms with E-state index < -0.39 is 5.60 Å².